The number of ether oxygens (including phenoxy) is 2. The van der Waals surface area contributed by atoms with Crippen LogP contribution in [0.25, 0.3) is 11.2 Å². The number of thiazole rings is 1. The molecule has 0 amide bonds. The van der Waals surface area contributed by atoms with Gasteiger partial charge in [-0.05, 0) is 6.92 Å². The van der Waals surface area contributed by atoms with Crippen LogP contribution in [0.15, 0.2) is 12.5 Å². The van der Waals surface area contributed by atoms with Crippen molar-refractivity contribution in [3.63, 3.8) is 0 Å². The summed E-state index contributed by atoms with van der Waals surface area (Å²) in [5.41, 5.74) is 0.392. The van der Waals surface area contributed by atoms with Crippen LogP contribution in [0, 0.1) is 6.92 Å². The van der Waals surface area contributed by atoms with E-state index in [0.717, 1.165) is 27.3 Å². The third kappa shape index (κ3) is 5.52. The molecule has 1 unspecified atom stereocenters. The smallest absolute Gasteiger partial charge is 0.383 e. The highest BCUT2D eigenvalue weighted by Gasteiger charge is 2.31. The third-order valence-corrected chi connectivity index (χ3v) is 5.79. The Balaban J connectivity index is 1.61. The van der Waals surface area contributed by atoms with Gasteiger partial charge in [0.2, 0.25) is 0 Å². The zero-order valence-electron chi connectivity index (χ0n) is 17.7. The van der Waals surface area contributed by atoms with Gasteiger partial charge in [0.1, 0.15) is 23.2 Å². The number of hydrogen-bond acceptors (Lipinski definition) is 9. The van der Waals surface area contributed by atoms with Crippen LogP contribution in [-0.2, 0) is 22.6 Å². The van der Waals surface area contributed by atoms with Gasteiger partial charge in [-0.2, -0.15) is 13.2 Å². The molecule has 0 aromatic carbocycles. The van der Waals surface area contributed by atoms with Gasteiger partial charge in [0.05, 0.1) is 26.1 Å². The van der Waals surface area contributed by atoms with E-state index in [9.17, 15) is 13.2 Å². The summed E-state index contributed by atoms with van der Waals surface area (Å²) in [5.74, 6) is 0.681. The summed E-state index contributed by atoms with van der Waals surface area (Å²) in [7, 11) is 1.56. The molecule has 1 fully saturated rings. The summed E-state index contributed by atoms with van der Waals surface area (Å²) in [6, 6.07) is 0. The normalized spacial score (nSPS) is 17.8. The van der Waals surface area contributed by atoms with Gasteiger partial charge in [-0.25, -0.2) is 19.9 Å². The van der Waals surface area contributed by atoms with E-state index >= 15 is 0 Å². The topological polar surface area (TPSA) is 90.2 Å². The molecule has 0 radical (unpaired) electrons. The predicted octanol–water partition coefficient (Wildman–Crippen LogP) is 2.79. The highest BCUT2D eigenvalue weighted by molar-refractivity contribution is 7.11. The van der Waals surface area contributed by atoms with Crippen LogP contribution >= 0.6 is 11.3 Å². The lowest BCUT2D eigenvalue weighted by atomic mass is 10.2. The maximum Gasteiger partial charge on any atom is 0.406 e. The number of alkyl halides is 3. The standard InChI is InChI=1S/C19H24F3N7O2S/c1-12-7-24-14(32-12)9-28-4-6-31-13(8-28)16-26-17(23-3-5-30-2)15-18(27-16)29(11-25-15)10-19(20,21)22/h7,11,13H,3-6,8-10H2,1-2H3,(H,23,26,27). The zero-order chi connectivity index (χ0) is 22.7. The van der Waals surface area contributed by atoms with E-state index in [0.29, 0.717) is 44.5 Å². The Labute approximate surface area is 186 Å². The number of hydrogen-bond donors (Lipinski definition) is 1. The van der Waals surface area contributed by atoms with E-state index in [4.69, 9.17) is 9.47 Å². The molecule has 9 nitrogen and oxygen atoms in total. The fourth-order valence-electron chi connectivity index (χ4n) is 3.48. The van der Waals surface area contributed by atoms with Crippen LogP contribution < -0.4 is 5.32 Å². The summed E-state index contributed by atoms with van der Waals surface area (Å²) in [6.45, 7) is 4.03. The van der Waals surface area contributed by atoms with E-state index in [-0.39, 0.29) is 11.2 Å². The number of aryl methyl sites for hydroxylation is 1. The molecule has 0 aliphatic carbocycles. The fraction of sp³-hybridized carbons (Fsp3) is 0.579. The van der Waals surface area contributed by atoms with Crippen molar-refractivity contribution < 1.29 is 22.6 Å². The van der Waals surface area contributed by atoms with Gasteiger partial charge >= 0.3 is 6.18 Å². The van der Waals surface area contributed by atoms with Crippen molar-refractivity contribution in [2.75, 3.05) is 45.3 Å². The monoisotopic (exact) mass is 471 g/mol. The minimum absolute atomic E-state index is 0.114. The van der Waals surface area contributed by atoms with Crippen molar-refractivity contribution in [2.24, 2.45) is 0 Å². The maximum atomic E-state index is 13.1. The molecule has 1 aliphatic heterocycles. The highest BCUT2D eigenvalue weighted by Crippen LogP contribution is 2.28. The highest BCUT2D eigenvalue weighted by atomic mass is 32.1. The SMILES string of the molecule is COCCNc1nc(C2CN(Cc3ncc(C)s3)CCO2)nc2c1ncn2CC(F)(F)F. The van der Waals surface area contributed by atoms with Crippen molar-refractivity contribution in [1.29, 1.82) is 0 Å². The first-order chi connectivity index (χ1) is 15.3. The van der Waals surface area contributed by atoms with Crippen molar-refractivity contribution in [3.8, 4) is 0 Å². The van der Waals surface area contributed by atoms with E-state index in [1.165, 1.54) is 0 Å². The number of halogens is 3. The molecule has 1 N–H and O–H groups in total. The number of aromatic nitrogens is 5. The van der Waals surface area contributed by atoms with E-state index in [1.54, 1.807) is 18.4 Å². The van der Waals surface area contributed by atoms with Crippen molar-refractivity contribution >= 4 is 28.3 Å². The van der Waals surface area contributed by atoms with Crippen LogP contribution in [0.3, 0.4) is 0 Å². The lowest BCUT2D eigenvalue weighted by molar-refractivity contribution is -0.140. The molecule has 4 rings (SSSR count). The number of nitrogens with one attached hydrogen (secondary N) is 1. The summed E-state index contributed by atoms with van der Waals surface area (Å²) >= 11 is 1.64. The van der Waals surface area contributed by atoms with Crippen LogP contribution in [0.2, 0.25) is 0 Å². The molecular weight excluding hydrogens is 447 g/mol. The Bertz CT molecular complexity index is 1060. The summed E-state index contributed by atoms with van der Waals surface area (Å²) in [4.78, 5) is 20.8. The molecule has 0 bridgehead atoms. The quantitative estimate of drug-likeness (QED) is 0.502. The van der Waals surface area contributed by atoms with Crippen LogP contribution in [-0.4, -0.2) is 75.5 Å². The van der Waals surface area contributed by atoms with Crippen LogP contribution in [0.4, 0.5) is 19.0 Å². The fourth-order valence-corrected chi connectivity index (χ4v) is 4.31. The molecule has 3 aromatic heterocycles. The molecule has 0 spiro atoms. The molecular formula is C19H24F3N7O2S. The zero-order valence-corrected chi connectivity index (χ0v) is 18.5. The molecule has 1 saturated heterocycles. The Kier molecular flexibility index (Phi) is 6.88. The van der Waals surface area contributed by atoms with Gasteiger partial charge in [0.25, 0.3) is 0 Å². The van der Waals surface area contributed by atoms with E-state index in [1.807, 2.05) is 13.1 Å². The second-order valence-electron chi connectivity index (χ2n) is 7.47. The van der Waals surface area contributed by atoms with E-state index in [2.05, 4.69) is 30.2 Å². The number of nitrogens with zero attached hydrogens (tertiary/aromatic N) is 6. The molecule has 1 atom stereocenters. The van der Waals surface area contributed by atoms with E-state index < -0.39 is 18.8 Å². The van der Waals surface area contributed by atoms with Crippen molar-refractivity contribution in [3.05, 3.63) is 28.2 Å². The van der Waals surface area contributed by atoms with Gasteiger partial charge in [0.15, 0.2) is 17.3 Å². The Morgan fingerprint density at radius 3 is 2.88 bits per heavy atom. The van der Waals surface area contributed by atoms with Crippen molar-refractivity contribution in [1.82, 2.24) is 29.4 Å². The second-order valence-corrected chi connectivity index (χ2v) is 8.79. The average molecular weight is 472 g/mol. The number of rotatable bonds is 8. The Hall–Kier alpha value is -2.35. The minimum Gasteiger partial charge on any atom is -0.383 e. The van der Waals surface area contributed by atoms with Gasteiger partial charge in [-0.15, -0.1) is 11.3 Å². The first-order valence-corrected chi connectivity index (χ1v) is 10.9. The average Bonchev–Trinajstić information content (AvgIpc) is 3.33. The summed E-state index contributed by atoms with van der Waals surface area (Å²) < 4.78 is 51.1. The Morgan fingerprint density at radius 2 is 2.16 bits per heavy atom. The van der Waals surface area contributed by atoms with Gasteiger partial charge in [-0.1, -0.05) is 0 Å². The molecule has 3 aromatic rings. The number of methoxy groups -OCH3 is 1. The summed E-state index contributed by atoms with van der Waals surface area (Å²) in [6.07, 6.45) is -1.90. The second kappa shape index (κ2) is 9.65. The predicted molar refractivity (Wildman–Crippen MR) is 113 cm³/mol. The first-order valence-electron chi connectivity index (χ1n) is 10.1. The molecule has 13 heteroatoms. The molecule has 0 saturated carbocycles. The number of imidazole rings is 1. The molecule has 32 heavy (non-hydrogen) atoms. The number of anilines is 1. The van der Waals surface area contributed by atoms with Gasteiger partial charge in [0, 0.05) is 37.8 Å². The van der Waals surface area contributed by atoms with Crippen molar-refractivity contribution in [2.45, 2.75) is 32.3 Å². The third-order valence-electron chi connectivity index (χ3n) is 4.90. The minimum atomic E-state index is -4.40. The molecule has 174 valence electrons. The molecule has 1 aliphatic rings. The van der Waals surface area contributed by atoms with Gasteiger partial charge < -0.3 is 19.4 Å². The summed E-state index contributed by atoms with van der Waals surface area (Å²) in [5, 5.41) is 4.09. The van der Waals surface area contributed by atoms with Crippen LogP contribution in [0.1, 0.15) is 21.8 Å². The molecule has 4 heterocycles. The lowest BCUT2D eigenvalue weighted by Gasteiger charge is -2.31. The number of fused-ring (bicyclic) bond motifs is 1. The first kappa shape index (κ1) is 22.8. The van der Waals surface area contributed by atoms with Gasteiger partial charge in [-0.3, -0.25) is 4.90 Å². The maximum absolute atomic E-state index is 13.1. The number of morpholine rings is 1. The van der Waals surface area contributed by atoms with Crippen LogP contribution in [0.5, 0.6) is 0 Å². The Morgan fingerprint density at radius 1 is 1.31 bits per heavy atom. The largest absolute Gasteiger partial charge is 0.406 e. The lowest BCUT2D eigenvalue weighted by Crippen LogP contribution is -2.38.